The number of ether oxygens (including phenoxy) is 2. The molecular formula is C26H21FN2O5S. The predicted molar refractivity (Wildman–Crippen MR) is 131 cm³/mol. The molecule has 0 unspecified atom stereocenters. The van der Waals surface area contributed by atoms with Gasteiger partial charge in [-0.25, -0.2) is 4.39 Å². The number of hydrogen-bond donors (Lipinski definition) is 1. The van der Waals surface area contributed by atoms with Gasteiger partial charge in [-0.15, -0.1) is 0 Å². The molecule has 0 aromatic heterocycles. The molecule has 0 saturated carbocycles. The number of nitrogens with zero attached hydrogens (tertiary/aromatic N) is 1. The molecule has 0 spiro atoms. The van der Waals surface area contributed by atoms with E-state index < -0.39 is 17.0 Å². The lowest BCUT2D eigenvalue weighted by molar-refractivity contribution is -0.123. The number of methoxy groups -OCH3 is 1. The Bertz CT molecular complexity index is 1300. The Morgan fingerprint density at radius 2 is 1.77 bits per heavy atom. The van der Waals surface area contributed by atoms with E-state index in [2.05, 4.69) is 5.32 Å². The van der Waals surface area contributed by atoms with Gasteiger partial charge >= 0.3 is 0 Å². The number of carbonyl (C=O) groups excluding carboxylic acids is 3. The first-order chi connectivity index (χ1) is 16.9. The summed E-state index contributed by atoms with van der Waals surface area (Å²) in [6.45, 7) is -0.366. The monoisotopic (exact) mass is 492 g/mol. The Balaban J connectivity index is 1.43. The molecule has 0 atom stereocenters. The molecule has 4 rings (SSSR count). The maximum absolute atomic E-state index is 14.0. The number of carbonyl (C=O) groups is 3. The summed E-state index contributed by atoms with van der Waals surface area (Å²) < 4.78 is 24.9. The van der Waals surface area contributed by atoms with Crippen molar-refractivity contribution in [3.05, 3.63) is 94.6 Å². The van der Waals surface area contributed by atoms with E-state index in [-0.39, 0.29) is 29.5 Å². The minimum Gasteiger partial charge on any atom is -0.493 e. The highest BCUT2D eigenvalue weighted by Crippen LogP contribution is 2.35. The largest absolute Gasteiger partial charge is 0.493 e. The van der Waals surface area contributed by atoms with Crippen molar-refractivity contribution >= 4 is 40.6 Å². The molecule has 1 saturated heterocycles. The maximum atomic E-state index is 14.0. The third-order valence-corrected chi connectivity index (χ3v) is 5.97. The molecule has 0 bridgehead atoms. The number of halogens is 1. The molecule has 1 fully saturated rings. The number of para-hydroxylation sites is 1. The molecule has 7 nitrogen and oxygen atoms in total. The molecule has 3 aromatic carbocycles. The second-order valence-electron chi connectivity index (χ2n) is 7.47. The Morgan fingerprint density at radius 1 is 1.03 bits per heavy atom. The van der Waals surface area contributed by atoms with Crippen LogP contribution in [0, 0.1) is 5.82 Å². The Labute approximate surface area is 205 Å². The van der Waals surface area contributed by atoms with Gasteiger partial charge in [0, 0.05) is 11.3 Å². The van der Waals surface area contributed by atoms with Gasteiger partial charge in [0.2, 0.25) is 0 Å². The highest BCUT2D eigenvalue weighted by molar-refractivity contribution is 8.18. The van der Waals surface area contributed by atoms with Gasteiger partial charge in [-0.1, -0.05) is 42.5 Å². The lowest BCUT2D eigenvalue weighted by atomic mass is 10.1. The first-order valence-corrected chi connectivity index (χ1v) is 11.4. The van der Waals surface area contributed by atoms with E-state index in [1.807, 2.05) is 18.2 Å². The van der Waals surface area contributed by atoms with Gasteiger partial charge in [-0.3, -0.25) is 19.3 Å². The highest BCUT2D eigenvalue weighted by atomic mass is 32.2. The lowest BCUT2D eigenvalue weighted by Crippen LogP contribution is -2.27. The predicted octanol–water partition coefficient (Wildman–Crippen LogP) is 5.09. The zero-order valence-electron chi connectivity index (χ0n) is 18.7. The lowest BCUT2D eigenvalue weighted by Gasteiger charge is -2.13. The van der Waals surface area contributed by atoms with Gasteiger partial charge < -0.3 is 14.8 Å². The van der Waals surface area contributed by atoms with Crippen molar-refractivity contribution in [2.75, 3.05) is 19.0 Å². The standard InChI is InChI=1S/C26H21FN2O5S/c1-33-22-13-17(11-12-21(22)34-16-24(30)28-19-8-3-2-4-9-19)14-23-25(31)29(26(32)35-23)15-18-7-5-6-10-20(18)27/h2-14H,15-16H2,1H3,(H,28,30)/b23-14-. The number of anilines is 1. The van der Waals surface area contributed by atoms with Crippen molar-refractivity contribution in [1.82, 2.24) is 4.90 Å². The van der Waals surface area contributed by atoms with Gasteiger partial charge in [0.25, 0.3) is 17.1 Å². The van der Waals surface area contributed by atoms with Crippen LogP contribution in [0.1, 0.15) is 11.1 Å². The first-order valence-electron chi connectivity index (χ1n) is 10.6. The molecule has 1 aliphatic heterocycles. The molecule has 0 aliphatic carbocycles. The summed E-state index contributed by atoms with van der Waals surface area (Å²) in [4.78, 5) is 38.5. The topological polar surface area (TPSA) is 84.9 Å². The fourth-order valence-corrected chi connectivity index (χ4v) is 4.18. The number of thioether (sulfide) groups is 1. The van der Waals surface area contributed by atoms with Crippen LogP contribution in [0.2, 0.25) is 0 Å². The molecule has 178 valence electrons. The normalized spacial score (nSPS) is 14.3. The van der Waals surface area contributed by atoms with Crippen LogP contribution in [0.5, 0.6) is 11.5 Å². The van der Waals surface area contributed by atoms with Gasteiger partial charge in [0.1, 0.15) is 5.82 Å². The third kappa shape index (κ3) is 5.88. The fourth-order valence-electron chi connectivity index (χ4n) is 3.34. The van der Waals surface area contributed by atoms with Gasteiger partial charge in [-0.05, 0) is 53.7 Å². The van der Waals surface area contributed by atoms with Crippen LogP contribution in [0.4, 0.5) is 14.9 Å². The summed E-state index contributed by atoms with van der Waals surface area (Å²) >= 11 is 0.786. The van der Waals surface area contributed by atoms with E-state index in [1.54, 1.807) is 48.5 Å². The molecule has 0 radical (unpaired) electrons. The Hall–Kier alpha value is -4.11. The number of nitrogens with one attached hydrogen (secondary N) is 1. The molecule has 3 amide bonds. The van der Waals surface area contributed by atoms with Crippen LogP contribution in [0.15, 0.2) is 77.7 Å². The average molecular weight is 493 g/mol. The summed E-state index contributed by atoms with van der Waals surface area (Å²) in [5, 5.41) is 2.26. The quantitative estimate of drug-likeness (QED) is 0.441. The van der Waals surface area contributed by atoms with E-state index in [4.69, 9.17) is 9.47 Å². The minimum absolute atomic E-state index is 0.143. The summed E-state index contributed by atoms with van der Waals surface area (Å²) in [5.41, 5.74) is 1.52. The molecule has 1 aliphatic rings. The SMILES string of the molecule is COc1cc(/C=C2\SC(=O)N(Cc3ccccc3F)C2=O)ccc1OCC(=O)Nc1ccccc1. The highest BCUT2D eigenvalue weighted by Gasteiger charge is 2.35. The zero-order valence-corrected chi connectivity index (χ0v) is 19.5. The van der Waals surface area contributed by atoms with Crippen molar-refractivity contribution < 1.29 is 28.2 Å². The minimum atomic E-state index is -0.500. The average Bonchev–Trinajstić information content (AvgIpc) is 3.12. The van der Waals surface area contributed by atoms with Crippen LogP contribution in [-0.4, -0.2) is 35.7 Å². The summed E-state index contributed by atoms with van der Waals surface area (Å²) in [7, 11) is 1.46. The first kappa shape index (κ1) is 24.0. The third-order valence-electron chi connectivity index (χ3n) is 5.06. The van der Waals surface area contributed by atoms with Crippen LogP contribution < -0.4 is 14.8 Å². The maximum Gasteiger partial charge on any atom is 0.293 e. The smallest absolute Gasteiger partial charge is 0.293 e. The number of rotatable bonds is 8. The number of imide groups is 1. The molecule has 9 heteroatoms. The van der Waals surface area contributed by atoms with Crippen molar-refractivity contribution in [3.63, 3.8) is 0 Å². The Kier molecular flexibility index (Phi) is 7.47. The summed E-state index contributed by atoms with van der Waals surface area (Å²) in [6.07, 6.45) is 1.56. The Morgan fingerprint density at radius 3 is 2.51 bits per heavy atom. The van der Waals surface area contributed by atoms with E-state index in [9.17, 15) is 18.8 Å². The fraction of sp³-hybridized carbons (Fsp3) is 0.115. The summed E-state index contributed by atoms with van der Waals surface area (Å²) in [5.74, 6) is -0.600. The van der Waals surface area contributed by atoms with Crippen LogP contribution >= 0.6 is 11.8 Å². The van der Waals surface area contributed by atoms with Crippen LogP contribution in [0.25, 0.3) is 6.08 Å². The van der Waals surface area contributed by atoms with E-state index in [0.717, 1.165) is 16.7 Å². The van der Waals surface area contributed by atoms with Gasteiger partial charge in [0.05, 0.1) is 18.6 Å². The molecule has 1 N–H and O–H groups in total. The molecule has 1 heterocycles. The number of benzene rings is 3. The van der Waals surface area contributed by atoms with E-state index in [1.165, 1.54) is 19.2 Å². The van der Waals surface area contributed by atoms with Crippen LogP contribution in [0.3, 0.4) is 0 Å². The zero-order chi connectivity index (χ0) is 24.8. The van der Waals surface area contributed by atoms with Gasteiger partial charge in [-0.2, -0.15) is 0 Å². The number of amides is 3. The van der Waals surface area contributed by atoms with Crippen molar-refractivity contribution in [2.24, 2.45) is 0 Å². The van der Waals surface area contributed by atoms with Gasteiger partial charge in [0.15, 0.2) is 18.1 Å². The van der Waals surface area contributed by atoms with Crippen LogP contribution in [-0.2, 0) is 16.1 Å². The van der Waals surface area contributed by atoms with Crippen molar-refractivity contribution in [3.8, 4) is 11.5 Å². The molecular weight excluding hydrogens is 471 g/mol. The summed E-state index contributed by atoms with van der Waals surface area (Å²) in [6, 6.07) is 19.9. The van der Waals surface area contributed by atoms with E-state index >= 15 is 0 Å². The second kappa shape index (κ2) is 10.9. The number of hydrogen-bond acceptors (Lipinski definition) is 6. The van der Waals surface area contributed by atoms with Crippen molar-refractivity contribution in [2.45, 2.75) is 6.54 Å². The second-order valence-corrected chi connectivity index (χ2v) is 8.47. The molecule has 3 aromatic rings. The van der Waals surface area contributed by atoms with E-state index in [0.29, 0.717) is 22.7 Å². The van der Waals surface area contributed by atoms with Crippen molar-refractivity contribution in [1.29, 1.82) is 0 Å². The molecule has 35 heavy (non-hydrogen) atoms.